The second kappa shape index (κ2) is 4.42. The molecule has 2 unspecified atom stereocenters. The zero-order chi connectivity index (χ0) is 9.72. The van der Waals surface area contributed by atoms with E-state index < -0.39 is 24.5 Å². The second-order valence-corrected chi connectivity index (χ2v) is 2.18. The first kappa shape index (κ1) is 10.5. The molecule has 0 radical (unpaired) electrons. The van der Waals surface area contributed by atoms with Gasteiger partial charge in [-0.3, -0.25) is 0 Å². The Balaban J connectivity index is 3.83. The summed E-state index contributed by atoms with van der Waals surface area (Å²) in [4.78, 5) is 19.9. The van der Waals surface area contributed by atoms with Gasteiger partial charge in [-0.2, -0.15) is 0 Å². The molecule has 0 aromatic carbocycles. The van der Waals surface area contributed by atoms with Crippen molar-refractivity contribution in [1.29, 1.82) is 0 Å². The number of hydrogen-bond acceptors (Lipinski definition) is 4. The summed E-state index contributed by atoms with van der Waals surface area (Å²) < 4.78 is 8.48. The molecule has 0 aliphatic heterocycles. The van der Waals surface area contributed by atoms with E-state index in [4.69, 9.17) is 10.2 Å². The average molecular weight is 178 g/mol. The second-order valence-electron chi connectivity index (χ2n) is 2.18. The smallest absolute Gasteiger partial charge is 0.450 e. The van der Waals surface area contributed by atoms with E-state index in [0.29, 0.717) is 0 Å². The molecule has 2 N–H and O–H groups in total. The zero-order valence-corrected chi connectivity index (χ0v) is 6.68. The standard InChI is InChI=1S/C6H10O6/c1-3(11-5(7)8)4(2)12-6(9)10/h3-4H,1-2H3,(H,7,8)(H,9,10). The van der Waals surface area contributed by atoms with Crippen LogP contribution in [-0.4, -0.2) is 34.7 Å². The van der Waals surface area contributed by atoms with E-state index in [1.54, 1.807) is 0 Å². The van der Waals surface area contributed by atoms with Crippen LogP contribution in [0.4, 0.5) is 9.59 Å². The third-order valence-corrected chi connectivity index (χ3v) is 1.23. The summed E-state index contributed by atoms with van der Waals surface area (Å²) in [5.41, 5.74) is 0. The molecule has 0 saturated heterocycles. The highest BCUT2D eigenvalue weighted by atomic mass is 16.7. The average Bonchev–Trinajstić information content (AvgIpc) is 1.84. The molecule has 0 aromatic heterocycles. The van der Waals surface area contributed by atoms with Crippen molar-refractivity contribution < 1.29 is 29.3 Å². The summed E-state index contributed by atoms with van der Waals surface area (Å²) in [5.74, 6) is 0. The van der Waals surface area contributed by atoms with Gasteiger partial charge in [-0.15, -0.1) is 0 Å². The van der Waals surface area contributed by atoms with Crippen molar-refractivity contribution in [3.8, 4) is 0 Å². The Labute approximate surface area is 68.7 Å². The SMILES string of the molecule is CC(OC(=O)O)C(C)OC(=O)O. The Bertz CT molecular complexity index is 157. The number of rotatable bonds is 3. The molecule has 0 aliphatic rings. The van der Waals surface area contributed by atoms with Crippen LogP contribution in [0.5, 0.6) is 0 Å². The Hall–Kier alpha value is -1.46. The lowest BCUT2D eigenvalue weighted by Gasteiger charge is -2.16. The van der Waals surface area contributed by atoms with Gasteiger partial charge in [0.2, 0.25) is 0 Å². The molecule has 0 heterocycles. The van der Waals surface area contributed by atoms with E-state index in [2.05, 4.69) is 9.47 Å². The Morgan fingerprint density at radius 1 is 1.00 bits per heavy atom. The molecule has 12 heavy (non-hydrogen) atoms. The molecule has 0 aliphatic carbocycles. The van der Waals surface area contributed by atoms with Crippen LogP contribution >= 0.6 is 0 Å². The molecule has 6 heteroatoms. The molecule has 0 amide bonds. The summed E-state index contributed by atoms with van der Waals surface area (Å²) >= 11 is 0. The highest BCUT2D eigenvalue weighted by Crippen LogP contribution is 2.03. The van der Waals surface area contributed by atoms with Gasteiger partial charge in [0, 0.05) is 0 Å². The number of ether oxygens (including phenoxy) is 2. The van der Waals surface area contributed by atoms with Crippen LogP contribution < -0.4 is 0 Å². The fourth-order valence-corrected chi connectivity index (χ4v) is 0.510. The van der Waals surface area contributed by atoms with Crippen molar-refractivity contribution in [3.05, 3.63) is 0 Å². The quantitative estimate of drug-likeness (QED) is 0.629. The van der Waals surface area contributed by atoms with Gasteiger partial charge in [0.15, 0.2) is 0 Å². The number of carboxylic acid groups (broad SMARTS) is 2. The van der Waals surface area contributed by atoms with Crippen molar-refractivity contribution in [2.75, 3.05) is 0 Å². The molecule has 70 valence electrons. The van der Waals surface area contributed by atoms with Crippen LogP contribution in [0.3, 0.4) is 0 Å². The molecule has 0 saturated carbocycles. The molecular weight excluding hydrogens is 168 g/mol. The van der Waals surface area contributed by atoms with Crippen LogP contribution in [0.15, 0.2) is 0 Å². The zero-order valence-electron chi connectivity index (χ0n) is 6.68. The minimum absolute atomic E-state index is 0.807. The third-order valence-electron chi connectivity index (χ3n) is 1.23. The maximum absolute atomic E-state index is 9.97. The summed E-state index contributed by atoms with van der Waals surface area (Å²) in [6.07, 6.45) is -4.52. The van der Waals surface area contributed by atoms with Crippen LogP contribution in [0.1, 0.15) is 13.8 Å². The van der Waals surface area contributed by atoms with E-state index in [1.165, 1.54) is 13.8 Å². The van der Waals surface area contributed by atoms with Gasteiger partial charge >= 0.3 is 12.3 Å². The topological polar surface area (TPSA) is 93.1 Å². The first-order chi connectivity index (χ1) is 5.43. The molecule has 6 nitrogen and oxygen atoms in total. The Morgan fingerprint density at radius 2 is 1.25 bits per heavy atom. The lowest BCUT2D eigenvalue weighted by molar-refractivity contribution is -0.0256. The van der Waals surface area contributed by atoms with Crippen molar-refractivity contribution in [2.45, 2.75) is 26.1 Å². The third kappa shape index (κ3) is 4.37. The summed E-state index contributed by atoms with van der Waals surface area (Å²) in [5, 5.41) is 16.3. The van der Waals surface area contributed by atoms with Gasteiger partial charge in [0.1, 0.15) is 12.2 Å². The van der Waals surface area contributed by atoms with E-state index in [0.717, 1.165) is 0 Å². The van der Waals surface area contributed by atoms with E-state index in [9.17, 15) is 9.59 Å². The fourth-order valence-electron chi connectivity index (χ4n) is 0.510. The summed E-state index contributed by atoms with van der Waals surface area (Å²) in [6, 6.07) is 0. The molecule has 0 fully saturated rings. The maximum atomic E-state index is 9.97. The van der Waals surface area contributed by atoms with Crippen LogP contribution in [-0.2, 0) is 9.47 Å². The summed E-state index contributed by atoms with van der Waals surface area (Å²) in [7, 11) is 0. The molecule has 0 rings (SSSR count). The van der Waals surface area contributed by atoms with Crippen molar-refractivity contribution in [3.63, 3.8) is 0 Å². The van der Waals surface area contributed by atoms with Crippen LogP contribution in [0.2, 0.25) is 0 Å². The van der Waals surface area contributed by atoms with Crippen molar-refractivity contribution in [2.24, 2.45) is 0 Å². The number of hydrogen-bond donors (Lipinski definition) is 2. The number of carbonyl (C=O) groups is 2. The molecule has 2 atom stereocenters. The van der Waals surface area contributed by atoms with E-state index >= 15 is 0 Å². The summed E-state index contributed by atoms with van der Waals surface area (Å²) in [6.45, 7) is 2.81. The fraction of sp³-hybridized carbons (Fsp3) is 0.667. The van der Waals surface area contributed by atoms with E-state index in [1.807, 2.05) is 0 Å². The molecule has 0 spiro atoms. The highest BCUT2D eigenvalue weighted by molar-refractivity contribution is 5.58. The monoisotopic (exact) mass is 178 g/mol. The van der Waals surface area contributed by atoms with Crippen LogP contribution in [0, 0.1) is 0 Å². The first-order valence-electron chi connectivity index (χ1n) is 3.22. The van der Waals surface area contributed by atoms with Gasteiger partial charge in [0.05, 0.1) is 0 Å². The van der Waals surface area contributed by atoms with E-state index in [-0.39, 0.29) is 0 Å². The van der Waals surface area contributed by atoms with Gasteiger partial charge in [0.25, 0.3) is 0 Å². The Kier molecular flexibility index (Phi) is 3.89. The molecular formula is C6H10O6. The largest absolute Gasteiger partial charge is 0.506 e. The molecule has 0 bridgehead atoms. The van der Waals surface area contributed by atoms with Crippen molar-refractivity contribution in [1.82, 2.24) is 0 Å². The normalized spacial score (nSPS) is 14.5. The minimum Gasteiger partial charge on any atom is -0.450 e. The van der Waals surface area contributed by atoms with Gasteiger partial charge in [-0.1, -0.05) is 0 Å². The molecule has 0 aromatic rings. The predicted octanol–water partition coefficient (Wildman–Crippen LogP) is 1.15. The minimum atomic E-state index is -1.46. The van der Waals surface area contributed by atoms with Gasteiger partial charge in [-0.25, -0.2) is 9.59 Å². The van der Waals surface area contributed by atoms with Gasteiger partial charge in [-0.05, 0) is 13.8 Å². The highest BCUT2D eigenvalue weighted by Gasteiger charge is 2.19. The predicted molar refractivity (Wildman–Crippen MR) is 37.1 cm³/mol. The first-order valence-corrected chi connectivity index (χ1v) is 3.22. The van der Waals surface area contributed by atoms with Crippen molar-refractivity contribution >= 4 is 12.3 Å². The lowest BCUT2D eigenvalue weighted by Crippen LogP contribution is -2.29. The lowest BCUT2D eigenvalue weighted by atomic mass is 10.2. The van der Waals surface area contributed by atoms with Crippen LogP contribution in [0.25, 0.3) is 0 Å². The van der Waals surface area contributed by atoms with Gasteiger partial charge < -0.3 is 19.7 Å². The maximum Gasteiger partial charge on any atom is 0.506 e. The Morgan fingerprint density at radius 3 is 1.42 bits per heavy atom.